The molecule has 0 saturated carbocycles. The van der Waals surface area contributed by atoms with E-state index in [1.807, 2.05) is 0 Å². The first kappa shape index (κ1) is 23.8. The van der Waals surface area contributed by atoms with Crippen LogP contribution < -0.4 is 0 Å². The first-order chi connectivity index (χ1) is 14.2. The summed E-state index contributed by atoms with van der Waals surface area (Å²) in [6.45, 7) is 1.66. The minimum Gasteiger partial charge on any atom is -0.370 e. The SMILES string of the molecule is CC1CCOC(c2ncc(C(F)(F)F)cc2Cl)C1S(=O)(=O)c1cccc(C(F)(F)F)c1. The summed E-state index contributed by atoms with van der Waals surface area (Å²) in [5.41, 5.74) is -2.48. The molecule has 0 spiro atoms. The van der Waals surface area contributed by atoms with Crippen molar-refractivity contribution in [3.8, 4) is 0 Å². The summed E-state index contributed by atoms with van der Waals surface area (Å²) in [6.07, 6.45) is -10.0. The number of hydrogen-bond acceptors (Lipinski definition) is 4. The summed E-state index contributed by atoms with van der Waals surface area (Å²) in [5, 5.41) is -1.84. The minimum absolute atomic E-state index is 0.0828. The van der Waals surface area contributed by atoms with Crippen molar-refractivity contribution in [1.29, 1.82) is 0 Å². The monoisotopic (exact) mass is 487 g/mol. The van der Waals surface area contributed by atoms with Gasteiger partial charge in [0, 0.05) is 12.8 Å². The fourth-order valence-electron chi connectivity index (χ4n) is 3.46. The lowest BCUT2D eigenvalue weighted by atomic mass is 9.94. The van der Waals surface area contributed by atoms with Gasteiger partial charge in [-0.2, -0.15) is 26.3 Å². The van der Waals surface area contributed by atoms with Gasteiger partial charge in [0.15, 0.2) is 9.84 Å². The molecule has 1 aliphatic heterocycles. The van der Waals surface area contributed by atoms with Crippen LogP contribution in [0.15, 0.2) is 41.4 Å². The van der Waals surface area contributed by atoms with E-state index in [9.17, 15) is 34.8 Å². The van der Waals surface area contributed by atoms with Gasteiger partial charge in [0.1, 0.15) is 11.4 Å². The third-order valence-corrected chi connectivity index (χ3v) is 7.69. The van der Waals surface area contributed by atoms with E-state index in [-0.39, 0.29) is 18.7 Å². The van der Waals surface area contributed by atoms with Crippen LogP contribution in [0.5, 0.6) is 0 Å². The van der Waals surface area contributed by atoms with E-state index in [1.54, 1.807) is 6.92 Å². The van der Waals surface area contributed by atoms with Crippen LogP contribution in [0.2, 0.25) is 5.02 Å². The van der Waals surface area contributed by atoms with E-state index >= 15 is 0 Å². The molecule has 4 nitrogen and oxygen atoms in total. The maximum Gasteiger partial charge on any atom is 0.417 e. The van der Waals surface area contributed by atoms with Crippen LogP contribution in [0.4, 0.5) is 26.3 Å². The summed E-state index contributed by atoms with van der Waals surface area (Å²) in [6, 6.07) is 3.88. The molecular weight excluding hydrogens is 472 g/mol. The molecule has 31 heavy (non-hydrogen) atoms. The number of sulfone groups is 1. The molecule has 1 fully saturated rings. The third-order valence-electron chi connectivity index (χ3n) is 5.04. The summed E-state index contributed by atoms with van der Waals surface area (Å²) in [7, 11) is -4.39. The van der Waals surface area contributed by atoms with Crippen LogP contribution in [0.1, 0.15) is 36.3 Å². The van der Waals surface area contributed by atoms with Crippen molar-refractivity contribution in [1.82, 2.24) is 4.98 Å². The molecule has 1 saturated heterocycles. The lowest BCUT2D eigenvalue weighted by Crippen LogP contribution is -2.40. The van der Waals surface area contributed by atoms with Gasteiger partial charge in [-0.1, -0.05) is 24.6 Å². The first-order valence-electron chi connectivity index (χ1n) is 8.98. The average Bonchev–Trinajstić information content (AvgIpc) is 2.66. The maximum absolute atomic E-state index is 13.3. The van der Waals surface area contributed by atoms with Gasteiger partial charge in [0.05, 0.1) is 26.7 Å². The Hall–Kier alpha value is -1.85. The Balaban J connectivity index is 2.08. The molecule has 0 N–H and O–H groups in total. The van der Waals surface area contributed by atoms with Crippen LogP contribution >= 0.6 is 11.6 Å². The Bertz CT molecular complexity index is 1070. The quantitative estimate of drug-likeness (QED) is 0.520. The smallest absolute Gasteiger partial charge is 0.370 e. The number of halogens is 7. The van der Waals surface area contributed by atoms with E-state index in [0.29, 0.717) is 18.3 Å². The van der Waals surface area contributed by atoms with Crippen LogP contribution in [-0.2, 0) is 26.9 Å². The molecule has 1 aliphatic rings. The first-order valence-corrected chi connectivity index (χ1v) is 10.9. The van der Waals surface area contributed by atoms with E-state index in [4.69, 9.17) is 16.3 Å². The molecule has 2 heterocycles. The summed E-state index contributed by atoms with van der Waals surface area (Å²) in [4.78, 5) is 3.12. The maximum atomic E-state index is 13.3. The Morgan fingerprint density at radius 3 is 2.29 bits per heavy atom. The Morgan fingerprint density at radius 2 is 1.71 bits per heavy atom. The zero-order valence-corrected chi connectivity index (χ0v) is 17.4. The lowest BCUT2D eigenvalue weighted by Gasteiger charge is -2.36. The fraction of sp³-hybridized carbons (Fsp3) is 0.421. The zero-order chi connectivity index (χ0) is 23.2. The lowest BCUT2D eigenvalue weighted by molar-refractivity contribution is -0.138. The molecule has 170 valence electrons. The number of rotatable bonds is 3. The highest BCUT2D eigenvalue weighted by Crippen LogP contribution is 2.42. The molecule has 0 amide bonds. The van der Waals surface area contributed by atoms with Gasteiger partial charge in [0.2, 0.25) is 0 Å². The number of ether oxygens (including phenoxy) is 1. The van der Waals surface area contributed by atoms with Crippen molar-refractivity contribution < 1.29 is 39.5 Å². The summed E-state index contributed by atoms with van der Waals surface area (Å²) >= 11 is 5.98. The summed E-state index contributed by atoms with van der Waals surface area (Å²) < 4.78 is 110. The van der Waals surface area contributed by atoms with Gasteiger partial charge >= 0.3 is 12.4 Å². The van der Waals surface area contributed by atoms with Gasteiger partial charge in [0.25, 0.3) is 0 Å². The molecule has 1 aromatic carbocycles. The topological polar surface area (TPSA) is 56.3 Å². The van der Waals surface area contributed by atoms with E-state index in [1.165, 1.54) is 0 Å². The molecule has 3 rings (SSSR count). The summed E-state index contributed by atoms with van der Waals surface area (Å²) in [5.74, 6) is -0.585. The molecule has 3 unspecified atom stereocenters. The van der Waals surface area contributed by atoms with E-state index in [2.05, 4.69) is 4.98 Å². The van der Waals surface area contributed by atoms with Crippen molar-refractivity contribution in [3.05, 3.63) is 58.4 Å². The second-order valence-electron chi connectivity index (χ2n) is 7.18. The standard InChI is InChI=1S/C19H16ClF6NO3S/c1-10-5-6-30-16(15-14(20)8-12(9-27-15)19(24,25)26)17(10)31(28,29)13-4-2-3-11(7-13)18(21,22)23/h2-4,7-10,16-17H,5-6H2,1H3. The molecule has 0 bridgehead atoms. The molecule has 2 aromatic rings. The second kappa shape index (κ2) is 8.25. The minimum atomic E-state index is -4.75. The highest BCUT2D eigenvalue weighted by Gasteiger charge is 2.45. The number of benzene rings is 1. The normalized spacial score (nSPS) is 23.0. The van der Waals surface area contributed by atoms with E-state index in [0.717, 1.165) is 18.2 Å². The van der Waals surface area contributed by atoms with Crippen molar-refractivity contribution in [2.75, 3.05) is 6.61 Å². The van der Waals surface area contributed by atoms with Crippen molar-refractivity contribution >= 4 is 21.4 Å². The Morgan fingerprint density at radius 1 is 1.06 bits per heavy atom. The van der Waals surface area contributed by atoms with Crippen molar-refractivity contribution in [2.24, 2.45) is 5.92 Å². The molecule has 3 atom stereocenters. The fourth-order valence-corrected chi connectivity index (χ4v) is 5.89. The largest absolute Gasteiger partial charge is 0.417 e. The van der Waals surface area contributed by atoms with Gasteiger partial charge in [-0.3, -0.25) is 4.98 Å². The van der Waals surface area contributed by atoms with Crippen molar-refractivity contribution in [2.45, 2.75) is 41.9 Å². The van der Waals surface area contributed by atoms with Crippen molar-refractivity contribution in [3.63, 3.8) is 0 Å². The third kappa shape index (κ3) is 4.83. The molecule has 0 radical (unpaired) electrons. The van der Waals surface area contributed by atoms with Gasteiger partial charge < -0.3 is 4.74 Å². The number of aromatic nitrogens is 1. The highest BCUT2D eigenvalue weighted by atomic mass is 35.5. The van der Waals surface area contributed by atoms with Crippen LogP contribution in [0.3, 0.4) is 0 Å². The zero-order valence-electron chi connectivity index (χ0n) is 15.8. The van der Waals surface area contributed by atoms with Gasteiger partial charge in [-0.15, -0.1) is 0 Å². The highest BCUT2D eigenvalue weighted by molar-refractivity contribution is 7.92. The van der Waals surface area contributed by atoms with Crippen LogP contribution in [0, 0.1) is 5.92 Å². The van der Waals surface area contributed by atoms with E-state index < -0.39 is 60.5 Å². The van der Waals surface area contributed by atoms with Crippen LogP contribution in [-0.4, -0.2) is 25.3 Å². The van der Waals surface area contributed by atoms with Gasteiger partial charge in [-0.05, 0) is 36.6 Å². The van der Waals surface area contributed by atoms with Crippen LogP contribution in [0.25, 0.3) is 0 Å². The predicted molar refractivity (Wildman–Crippen MR) is 99.1 cm³/mol. The number of nitrogens with zero attached hydrogens (tertiary/aromatic N) is 1. The average molecular weight is 488 g/mol. The number of pyridine rings is 1. The molecule has 1 aromatic heterocycles. The predicted octanol–water partition coefficient (Wildman–Crippen LogP) is 5.71. The molecule has 12 heteroatoms. The number of hydrogen-bond donors (Lipinski definition) is 0. The van der Waals surface area contributed by atoms with Gasteiger partial charge in [-0.25, -0.2) is 8.42 Å². The molecular formula is C19H16ClF6NO3S. The Kier molecular flexibility index (Phi) is 6.34. The Labute approximate surface area is 179 Å². The second-order valence-corrected chi connectivity index (χ2v) is 9.69. The number of alkyl halides is 6. The molecule has 0 aliphatic carbocycles.